The Hall–Kier alpha value is -3.62. The van der Waals surface area contributed by atoms with Crippen LogP contribution in [-0.4, -0.2) is 45.3 Å². The summed E-state index contributed by atoms with van der Waals surface area (Å²) < 4.78 is 30.1. The molecule has 9 heteroatoms. The van der Waals surface area contributed by atoms with Crippen LogP contribution in [0, 0.1) is 11.6 Å². The van der Waals surface area contributed by atoms with Gasteiger partial charge in [-0.3, -0.25) is 9.48 Å². The lowest BCUT2D eigenvalue weighted by molar-refractivity contribution is -0.120. The van der Waals surface area contributed by atoms with E-state index < -0.39 is 5.82 Å². The summed E-state index contributed by atoms with van der Waals surface area (Å²) in [6, 6.07) is 8.20. The second-order valence-electron chi connectivity index (χ2n) is 7.08. The molecule has 2 aromatic heterocycles. The number of piperazine rings is 1. The van der Waals surface area contributed by atoms with Crippen LogP contribution < -0.4 is 10.2 Å². The van der Waals surface area contributed by atoms with E-state index in [4.69, 9.17) is 0 Å². The van der Waals surface area contributed by atoms with Gasteiger partial charge in [0, 0.05) is 18.7 Å². The molecule has 1 aromatic carbocycles. The number of amides is 1. The zero-order valence-corrected chi connectivity index (χ0v) is 16.4. The number of anilines is 1. The zero-order chi connectivity index (χ0) is 21.3. The van der Waals surface area contributed by atoms with Crippen molar-refractivity contribution in [1.29, 1.82) is 0 Å². The number of hydrogen-bond donors (Lipinski definition) is 1. The first kappa shape index (κ1) is 19.7. The number of aromatic nitrogens is 4. The van der Waals surface area contributed by atoms with Crippen LogP contribution in [-0.2, 0) is 11.3 Å². The molecule has 7 nitrogen and oxygen atoms in total. The molecule has 0 radical (unpaired) electrons. The van der Waals surface area contributed by atoms with Crippen molar-refractivity contribution in [2.24, 2.45) is 0 Å². The number of halogens is 2. The van der Waals surface area contributed by atoms with Crippen molar-refractivity contribution < 1.29 is 13.6 Å². The number of hydrogen-bond acceptors (Lipinski definition) is 5. The number of carbonyl (C=O) groups excluding carboxylic acids is 1. The smallest absolute Gasteiger partial charge is 0.239 e. The molecule has 1 fully saturated rings. The van der Waals surface area contributed by atoms with E-state index >= 15 is 0 Å². The summed E-state index contributed by atoms with van der Waals surface area (Å²) in [6.45, 7) is 6.86. The summed E-state index contributed by atoms with van der Waals surface area (Å²) in [5.74, 6) is -0.868. The SMILES string of the molecule is C=C(C)c1cc(-c2ncc(F)c(N3CCNC(=O)C3)n2)nn1Cc1ccccc1F. The fraction of sp³-hybridized carbons (Fsp3) is 0.238. The van der Waals surface area contributed by atoms with Gasteiger partial charge in [0.2, 0.25) is 5.91 Å². The summed E-state index contributed by atoms with van der Waals surface area (Å²) in [7, 11) is 0. The average Bonchev–Trinajstić information content (AvgIpc) is 3.14. The number of nitrogens with zero attached hydrogens (tertiary/aromatic N) is 5. The molecular formula is C21H20F2N6O. The predicted octanol–water partition coefficient (Wildman–Crippen LogP) is 2.64. The standard InChI is InChI=1S/C21H20F2N6O/c1-13(2)18-9-17(27-29(18)11-14-5-3-4-6-15(14)22)20-25-10-16(23)21(26-20)28-8-7-24-19(30)12-28/h3-6,9-10H,1,7-8,11-12H2,2H3,(H,24,30). The van der Waals surface area contributed by atoms with Gasteiger partial charge in [-0.15, -0.1) is 0 Å². The van der Waals surface area contributed by atoms with Crippen molar-refractivity contribution in [3.63, 3.8) is 0 Å². The topological polar surface area (TPSA) is 75.9 Å². The molecule has 0 bridgehead atoms. The van der Waals surface area contributed by atoms with Crippen molar-refractivity contribution >= 4 is 17.3 Å². The molecule has 3 heterocycles. The molecule has 154 valence electrons. The van der Waals surface area contributed by atoms with Gasteiger partial charge in [-0.2, -0.15) is 5.10 Å². The third-order valence-electron chi connectivity index (χ3n) is 4.79. The van der Waals surface area contributed by atoms with Crippen LogP contribution in [0.25, 0.3) is 17.1 Å². The Morgan fingerprint density at radius 3 is 2.80 bits per heavy atom. The van der Waals surface area contributed by atoms with Crippen LogP contribution in [0.5, 0.6) is 0 Å². The van der Waals surface area contributed by atoms with Crippen LogP contribution in [0.15, 0.2) is 43.1 Å². The van der Waals surface area contributed by atoms with E-state index in [0.29, 0.717) is 30.0 Å². The van der Waals surface area contributed by atoms with Crippen LogP contribution in [0.4, 0.5) is 14.6 Å². The molecule has 3 aromatic rings. The minimum atomic E-state index is -0.612. The van der Waals surface area contributed by atoms with E-state index in [-0.39, 0.29) is 36.5 Å². The minimum absolute atomic E-state index is 0.0200. The molecule has 0 atom stereocenters. The first-order valence-electron chi connectivity index (χ1n) is 9.44. The van der Waals surface area contributed by atoms with Crippen LogP contribution in [0.2, 0.25) is 0 Å². The average molecular weight is 410 g/mol. The van der Waals surface area contributed by atoms with Gasteiger partial charge in [0.1, 0.15) is 11.5 Å². The van der Waals surface area contributed by atoms with Gasteiger partial charge in [0.05, 0.1) is 25.0 Å². The first-order valence-corrected chi connectivity index (χ1v) is 9.44. The molecule has 1 saturated heterocycles. The Labute approximate surface area is 172 Å². The maximum Gasteiger partial charge on any atom is 0.239 e. The first-order chi connectivity index (χ1) is 14.4. The van der Waals surface area contributed by atoms with E-state index in [1.165, 1.54) is 6.07 Å². The summed E-state index contributed by atoms with van der Waals surface area (Å²) in [5, 5.41) is 7.21. The molecule has 0 saturated carbocycles. The van der Waals surface area contributed by atoms with Crippen LogP contribution in [0.3, 0.4) is 0 Å². The third kappa shape index (κ3) is 3.91. The summed E-state index contributed by atoms with van der Waals surface area (Å²) in [6.07, 6.45) is 1.07. The Kier molecular flexibility index (Phi) is 5.26. The predicted molar refractivity (Wildman–Crippen MR) is 109 cm³/mol. The Morgan fingerprint density at radius 2 is 2.07 bits per heavy atom. The number of benzene rings is 1. The molecule has 0 aliphatic carbocycles. The largest absolute Gasteiger partial charge is 0.353 e. The van der Waals surface area contributed by atoms with Gasteiger partial charge in [-0.1, -0.05) is 24.8 Å². The van der Waals surface area contributed by atoms with Crippen molar-refractivity contribution in [3.8, 4) is 11.5 Å². The fourth-order valence-electron chi connectivity index (χ4n) is 3.30. The number of nitrogens with one attached hydrogen (secondary N) is 1. The van der Waals surface area contributed by atoms with Crippen LogP contribution in [0.1, 0.15) is 18.2 Å². The van der Waals surface area contributed by atoms with Gasteiger partial charge in [0.15, 0.2) is 17.5 Å². The normalized spacial score (nSPS) is 14.0. The van der Waals surface area contributed by atoms with Crippen molar-refractivity contribution in [1.82, 2.24) is 25.1 Å². The second kappa shape index (κ2) is 8.02. The van der Waals surface area contributed by atoms with Crippen LogP contribution >= 0.6 is 0 Å². The summed E-state index contributed by atoms with van der Waals surface area (Å²) in [5.41, 5.74) is 2.32. The highest BCUT2D eigenvalue weighted by molar-refractivity contribution is 5.82. The molecule has 0 unspecified atom stereocenters. The zero-order valence-electron chi connectivity index (χ0n) is 16.4. The number of allylic oxidation sites excluding steroid dienone is 1. The molecule has 1 N–H and O–H groups in total. The lowest BCUT2D eigenvalue weighted by Crippen LogP contribution is -2.48. The Balaban J connectivity index is 1.70. The van der Waals surface area contributed by atoms with Crippen molar-refractivity contribution in [2.75, 3.05) is 24.5 Å². The summed E-state index contributed by atoms with van der Waals surface area (Å²) >= 11 is 0. The third-order valence-corrected chi connectivity index (χ3v) is 4.79. The maximum absolute atomic E-state index is 14.4. The number of carbonyl (C=O) groups is 1. The van der Waals surface area contributed by atoms with E-state index in [1.54, 1.807) is 33.8 Å². The van der Waals surface area contributed by atoms with Gasteiger partial charge in [-0.25, -0.2) is 18.7 Å². The van der Waals surface area contributed by atoms with E-state index in [0.717, 1.165) is 11.8 Å². The highest BCUT2D eigenvalue weighted by atomic mass is 19.1. The minimum Gasteiger partial charge on any atom is -0.353 e. The maximum atomic E-state index is 14.4. The fourth-order valence-corrected chi connectivity index (χ4v) is 3.30. The van der Waals surface area contributed by atoms with Gasteiger partial charge < -0.3 is 10.2 Å². The van der Waals surface area contributed by atoms with Gasteiger partial charge in [-0.05, 0) is 24.6 Å². The molecule has 1 amide bonds. The van der Waals surface area contributed by atoms with Gasteiger partial charge >= 0.3 is 0 Å². The molecule has 1 aliphatic heterocycles. The highest BCUT2D eigenvalue weighted by Crippen LogP contribution is 2.24. The van der Waals surface area contributed by atoms with Crippen molar-refractivity contribution in [2.45, 2.75) is 13.5 Å². The Bertz CT molecular complexity index is 1130. The van der Waals surface area contributed by atoms with E-state index in [9.17, 15) is 13.6 Å². The molecule has 1 aliphatic rings. The lowest BCUT2D eigenvalue weighted by atomic mass is 10.2. The number of rotatable bonds is 5. The van der Waals surface area contributed by atoms with Gasteiger partial charge in [0.25, 0.3) is 0 Å². The Morgan fingerprint density at radius 1 is 1.27 bits per heavy atom. The monoisotopic (exact) mass is 410 g/mol. The van der Waals surface area contributed by atoms with Crippen molar-refractivity contribution in [3.05, 3.63) is 66.0 Å². The molecular weight excluding hydrogens is 390 g/mol. The molecule has 4 rings (SSSR count). The quantitative estimate of drug-likeness (QED) is 0.700. The lowest BCUT2D eigenvalue weighted by Gasteiger charge is -2.27. The van der Waals surface area contributed by atoms with E-state index in [1.807, 2.05) is 6.92 Å². The van der Waals surface area contributed by atoms with E-state index in [2.05, 4.69) is 27.0 Å². The molecule has 0 spiro atoms. The molecule has 30 heavy (non-hydrogen) atoms. The summed E-state index contributed by atoms with van der Waals surface area (Å²) in [4.78, 5) is 21.6. The highest BCUT2D eigenvalue weighted by Gasteiger charge is 2.23. The second-order valence-corrected chi connectivity index (χ2v) is 7.08.